The number of benzene rings is 1. The predicted molar refractivity (Wildman–Crippen MR) is 137 cm³/mol. The first kappa shape index (κ1) is 27.0. The van der Waals surface area contributed by atoms with Crippen LogP contribution in [0.15, 0.2) is 41.6 Å². The third-order valence-corrected chi connectivity index (χ3v) is 9.79. The quantitative estimate of drug-likeness (QED) is 0.583. The maximum atomic E-state index is 13.5. The van der Waals surface area contributed by atoms with Crippen LogP contribution in [0.5, 0.6) is 0 Å². The lowest BCUT2D eigenvalue weighted by Crippen LogP contribution is -2.48. The summed E-state index contributed by atoms with van der Waals surface area (Å²) in [6.45, 7) is 4.85. The van der Waals surface area contributed by atoms with Crippen molar-refractivity contribution in [3.8, 4) is 0 Å². The standard InChI is InChI=1S/C26H34ClN3O5S/c1-19-15-24(20(2)14-23(19)27)36(33,34)30-11-4-3-7-22(30)17-35-18-25(31)29-12-8-26(32,9-13-29)21-6-5-10-28-16-21/h5-6,10,14-16,22,32H,3-4,7-9,11-13,17-18H2,1-2H3. The molecular formula is C26H34ClN3O5S. The van der Waals surface area contributed by atoms with Gasteiger partial charge in [-0.1, -0.05) is 24.1 Å². The first-order valence-electron chi connectivity index (χ1n) is 12.4. The maximum absolute atomic E-state index is 13.5. The zero-order valence-corrected chi connectivity index (χ0v) is 22.4. The molecule has 0 saturated carbocycles. The average Bonchev–Trinajstić information content (AvgIpc) is 2.87. The molecule has 2 aromatic rings. The van der Waals surface area contributed by atoms with E-state index in [1.54, 1.807) is 49.3 Å². The number of sulfonamides is 1. The van der Waals surface area contributed by atoms with Crippen LogP contribution in [0.25, 0.3) is 0 Å². The Morgan fingerprint density at radius 1 is 1.19 bits per heavy atom. The number of hydrogen-bond donors (Lipinski definition) is 1. The van der Waals surface area contributed by atoms with Crippen molar-refractivity contribution in [1.29, 1.82) is 0 Å². The van der Waals surface area contributed by atoms with Gasteiger partial charge in [-0.15, -0.1) is 0 Å². The zero-order valence-electron chi connectivity index (χ0n) is 20.8. The summed E-state index contributed by atoms with van der Waals surface area (Å²) in [5.41, 5.74) is 1.11. The largest absolute Gasteiger partial charge is 0.385 e. The molecule has 196 valence electrons. The lowest BCUT2D eigenvalue weighted by atomic mass is 9.85. The molecule has 0 radical (unpaired) electrons. The second-order valence-electron chi connectivity index (χ2n) is 9.80. The number of hydrogen-bond acceptors (Lipinski definition) is 6. The number of nitrogens with zero attached hydrogens (tertiary/aromatic N) is 3. The maximum Gasteiger partial charge on any atom is 0.248 e. The molecule has 0 spiro atoms. The molecule has 0 aliphatic carbocycles. The third-order valence-electron chi connectivity index (χ3n) is 7.29. The molecule has 8 nitrogen and oxygen atoms in total. The number of amides is 1. The fourth-order valence-electron chi connectivity index (χ4n) is 5.04. The Hall–Kier alpha value is -2.04. The zero-order chi connectivity index (χ0) is 25.9. The predicted octanol–water partition coefficient (Wildman–Crippen LogP) is 3.42. The number of halogens is 1. The van der Waals surface area contributed by atoms with E-state index in [2.05, 4.69) is 4.98 Å². The van der Waals surface area contributed by atoms with Gasteiger partial charge in [-0.05, 0) is 68.9 Å². The van der Waals surface area contributed by atoms with E-state index in [0.29, 0.717) is 55.0 Å². The van der Waals surface area contributed by atoms with Gasteiger partial charge in [-0.3, -0.25) is 9.78 Å². The molecule has 0 bridgehead atoms. The summed E-state index contributed by atoms with van der Waals surface area (Å²) >= 11 is 6.18. The lowest BCUT2D eigenvalue weighted by molar-refractivity contribution is -0.141. The van der Waals surface area contributed by atoms with E-state index in [-0.39, 0.29) is 30.1 Å². The van der Waals surface area contributed by atoms with Gasteiger partial charge in [-0.25, -0.2) is 8.42 Å². The summed E-state index contributed by atoms with van der Waals surface area (Å²) in [6.07, 6.45) is 6.56. The molecule has 2 aliphatic rings. The van der Waals surface area contributed by atoms with Crippen LogP contribution in [0.1, 0.15) is 48.8 Å². The molecule has 1 aromatic heterocycles. The molecule has 36 heavy (non-hydrogen) atoms. The van der Waals surface area contributed by atoms with E-state index in [0.717, 1.165) is 18.4 Å². The van der Waals surface area contributed by atoms with Gasteiger partial charge in [-0.2, -0.15) is 4.31 Å². The van der Waals surface area contributed by atoms with Crippen LogP contribution in [0.2, 0.25) is 5.02 Å². The minimum absolute atomic E-state index is 0.116. The van der Waals surface area contributed by atoms with Crippen molar-refractivity contribution in [3.63, 3.8) is 0 Å². The van der Waals surface area contributed by atoms with Crippen molar-refractivity contribution < 1.29 is 23.1 Å². The summed E-state index contributed by atoms with van der Waals surface area (Å²) < 4.78 is 34.3. The van der Waals surface area contributed by atoms with Gasteiger partial charge < -0.3 is 14.7 Å². The van der Waals surface area contributed by atoms with Gasteiger partial charge in [0.1, 0.15) is 6.61 Å². The average molecular weight is 536 g/mol. The second-order valence-corrected chi connectivity index (χ2v) is 12.1. The normalized spacial score (nSPS) is 20.9. The molecule has 1 N–H and O–H groups in total. The molecule has 1 unspecified atom stereocenters. The minimum Gasteiger partial charge on any atom is -0.385 e. The number of piperidine rings is 2. The Bertz CT molecular complexity index is 1180. The van der Waals surface area contributed by atoms with Crippen LogP contribution in [0.4, 0.5) is 0 Å². The molecule has 2 aliphatic heterocycles. The van der Waals surface area contributed by atoms with Gasteiger partial charge in [0, 0.05) is 48.7 Å². The molecule has 3 heterocycles. The summed E-state index contributed by atoms with van der Waals surface area (Å²) in [5.74, 6) is -0.155. The van der Waals surface area contributed by atoms with Crippen LogP contribution in [0.3, 0.4) is 0 Å². The third kappa shape index (κ3) is 5.75. The number of pyridine rings is 1. The Morgan fingerprint density at radius 2 is 1.94 bits per heavy atom. The number of rotatable bonds is 7. The van der Waals surface area contributed by atoms with Gasteiger partial charge in [0.2, 0.25) is 15.9 Å². The fourth-order valence-corrected chi connectivity index (χ4v) is 7.23. The molecule has 1 atom stereocenters. The van der Waals surface area contributed by atoms with E-state index in [9.17, 15) is 18.3 Å². The number of aryl methyl sites for hydroxylation is 2. The van der Waals surface area contributed by atoms with Gasteiger partial charge in [0.25, 0.3) is 0 Å². The highest BCUT2D eigenvalue weighted by Crippen LogP contribution is 2.33. The van der Waals surface area contributed by atoms with E-state index >= 15 is 0 Å². The minimum atomic E-state index is -3.73. The Labute approximate surface area is 218 Å². The number of likely N-dealkylation sites (tertiary alicyclic amines) is 1. The lowest BCUT2D eigenvalue weighted by Gasteiger charge is -2.38. The Kier molecular flexibility index (Phi) is 8.36. The van der Waals surface area contributed by atoms with Crippen LogP contribution in [-0.4, -0.2) is 72.5 Å². The van der Waals surface area contributed by atoms with E-state index in [4.69, 9.17) is 16.3 Å². The van der Waals surface area contributed by atoms with Gasteiger partial charge >= 0.3 is 0 Å². The monoisotopic (exact) mass is 535 g/mol. The second kappa shape index (κ2) is 11.1. The van der Waals surface area contributed by atoms with E-state index in [1.807, 2.05) is 6.07 Å². The number of aromatic nitrogens is 1. The summed E-state index contributed by atoms with van der Waals surface area (Å²) in [4.78, 5) is 18.8. The fraction of sp³-hybridized carbons (Fsp3) is 0.538. The molecule has 2 saturated heterocycles. The number of carbonyl (C=O) groups excluding carboxylic acids is 1. The van der Waals surface area contributed by atoms with Crippen molar-refractivity contribution in [2.75, 3.05) is 32.8 Å². The van der Waals surface area contributed by atoms with Crippen molar-refractivity contribution in [2.24, 2.45) is 0 Å². The smallest absolute Gasteiger partial charge is 0.248 e. The van der Waals surface area contributed by atoms with Gasteiger partial charge in [0.15, 0.2) is 0 Å². The van der Waals surface area contributed by atoms with E-state index in [1.165, 1.54) is 4.31 Å². The summed E-state index contributed by atoms with van der Waals surface area (Å²) in [6, 6.07) is 6.63. The van der Waals surface area contributed by atoms with Crippen LogP contribution in [-0.2, 0) is 25.2 Å². The van der Waals surface area contributed by atoms with Crippen LogP contribution >= 0.6 is 11.6 Å². The van der Waals surface area contributed by atoms with Crippen molar-refractivity contribution in [3.05, 3.63) is 58.4 Å². The Balaban J connectivity index is 1.34. The molecular weight excluding hydrogens is 502 g/mol. The van der Waals surface area contributed by atoms with Crippen molar-refractivity contribution >= 4 is 27.5 Å². The van der Waals surface area contributed by atoms with Crippen LogP contribution < -0.4 is 0 Å². The first-order valence-corrected chi connectivity index (χ1v) is 14.2. The molecule has 1 aromatic carbocycles. The molecule has 10 heteroatoms. The van der Waals surface area contributed by atoms with E-state index < -0.39 is 15.6 Å². The van der Waals surface area contributed by atoms with Crippen molar-refractivity contribution in [2.45, 2.75) is 62.5 Å². The SMILES string of the molecule is Cc1cc(S(=O)(=O)N2CCCCC2COCC(=O)N2CCC(O)(c3cccnc3)CC2)c(C)cc1Cl. The number of ether oxygens (including phenoxy) is 1. The topological polar surface area (TPSA) is 100 Å². The Morgan fingerprint density at radius 3 is 2.64 bits per heavy atom. The number of carbonyl (C=O) groups is 1. The van der Waals surface area contributed by atoms with Gasteiger partial charge in [0.05, 0.1) is 17.1 Å². The highest BCUT2D eigenvalue weighted by atomic mass is 35.5. The van der Waals surface area contributed by atoms with Crippen LogP contribution in [0, 0.1) is 13.8 Å². The first-order chi connectivity index (χ1) is 17.1. The summed E-state index contributed by atoms with van der Waals surface area (Å²) in [7, 11) is -3.73. The summed E-state index contributed by atoms with van der Waals surface area (Å²) in [5, 5.41) is 11.5. The highest BCUT2D eigenvalue weighted by Gasteiger charge is 2.37. The molecule has 4 rings (SSSR count). The molecule has 1 amide bonds. The van der Waals surface area contributed by atoms with Crippen molar-refractivity contribution in [1.82, 2.24) is 14.2 Å². The molecule has 2 fully saturated rings. The highest BCUT2D eigenvalue weighted by molar-refractivity contribution is 7.89. The number of aliphatic hydroxyl groups is 1.